The van der Waals surface area contributed by atoms with Gasteiger partial charge in [-0.2, -0.15) is 0 Å². The van der Waals surface area contributed by atoms with E-state index in [1.807, 2.05) is 132 Å². The highest BCUT2D eigenvalue weighted by molar-refractivity contribution is 7.00. The largest absolute Gasteiger partial charge is 0.310 e. The van der Waals surface area contributed by atoms with Gasteiger partial charge in [-0.25, -0.2) is 0 Å². The highest BCUT2D eigenvalue weighted by Crippen LogP contribution is 2.56. The lowest BCUT2D eigenvalue weighted by molar-refractivity contribution is 0.410. The van der Waals surface area contributed by atoms with E-state index in [2.05, 4.69) is 300 Å². The minimum atomic E-state index is -1.79. The van der Waals surface area contributed by atoms with E-state index in [4.69, 9.17) is 0 Å². The molecule has 0 N–H and O–H groups in total. The third kappa shape index (κ3) is 15.7. The van der Waals surface area contributed by atoms with Gasteiger partial charge in [-0.15, -0.1) is 0 Å². The number of hydrogen-bond donors (Lipinski definition) is 0. The van der Waals surface area contributed by atoms with Crippen molar-refractivity contribution >= 4 is 101 Å². The van der Waals surface area contributed by atoms with Gasteiger partial charge in [0.05, 0.1) is 33.4 Å². The molecule has 0 radical (unpaired) electrons. The molecule has 17 rings (SSSR count). The predicted octanol–water partition coefficient (Wildman–Crippen LogP) is 29.5. The highest BCUT2D eigenvalue weighted by Gasteiger charge is 2.47. The van der Waals surface area contributed by atoms with Crippen LogP contribution in [0.25, 0.3) is 99.5 Å². The second-order valence-electron chi connectivity index (χ2n) is 40.9. The molecule has 0 unspecified atom stereocenters. The molecule has 4 heterocycles. The Bertz CT molecular complexity index is 6140. The summed E-state index contributed by atoms with van der Waals surface area (Å²) >= 11 is 0. The lowest BCUT2D eigenvalue weighted by Crippen LogP contribution is -2.61. The van der Waals surface area contributed by atoms with Crippen molar-refractivity contribution < 1.29 is 11.0 Å². The van der Waals surface area contributed by atoms with E-state index in [0.29, 0.717) is 35.1 Å². The zero-order valence-corrected chi connectivity index (χ0v) is 72.7. The van der Waals surface area contributed by atoms with Gasteiger partial charge in [-0.1, -0.05) is 327 Å². The quantitative estimate of drug-likeness (QED) is 0.101. The molecule has 5 heteroatoms. The Morgan fingerprint density at radius 2 is 0.547 bits per heavy atom. The Hall–Kier alpha value is -10.9. The average Bonchev–Trinajstić information content (AvgIpc) is 0.693. The van der Waals surface area contributed by atoms with Crippen LogP contribution in [0.1, 0.15) is 195 Å². The maximum atomic E-state index is 10.1. The molecule has 0 bridgehead atoms. The number of fused-ring (bicyclic) bond motifs is 10. The lowest BCUT2D eigenvalue weighted by atomic mass is 9.33. The van der Waals surface area contributed by atoms with Crippen LogP contribution in [0.5, 0.6) is 0 Å². The van der Waals surface area contributed by atoms with Crippen molar-refractivity contribution in [3.63, 3.8) is 0 Å². The Kier molecular flexibility index (Phi) is 17.2. The normalized spacial score (nSPS) is 15.0. The lowest BCUT2D eigenvalue weighted by Gasteiger charge is -2.46. The van der Waals surface area contributed by atoms with Crippen LogP contribution in [-0.4, -0.2) is 15.8 Å². The standard InChI is InChI=1S/C112H119BN4/c1-106(2,3)66-72-34-30-38-78(54-72)89-58-76(70-110(13,14)15)59-90(79-39-31-35-73(55-79)67-107(4,5)6)104(89)116-99-64-83(114-95-46-26-22-42-85(95)86-43-23-27-47-96(86)114)50-52-93(99)113-94-53-51-84(115-97-48-28-24-44-87(97)88-45-25-29-49-98(88)115)65-100(94)117(102-63-82(112(19,20)21)62-101(116)103(102)113)105-91(80-40-32-36-74(56-80)68-108(7,8)9)60-77(71-111(16,17)18)61-92(105)81-41-33-37-75(57-81)69-109(10,11)12/h22-65H,66-71H2,1-21H3/i66D2,67D2,68D2,69D2. The van der Waals surface area contributed by atoms with Crippen molar-refractivity contribution in [2.24, 2.45) is 32.5 Å². The summed E-state index contributed by atoms with van der Waals surface area (Å²) in [4.78, 5) is 5.14. The van der Waals surface area contributed by atoms with E-state index in [1.54, 1.807) is 0 Å². The molecule has 0 saturated carbocycles. The summed E-state index contributed by atoms with van der Waals surface area (Å²) in [6.45, 7) is 43.9. The number of anilines is 6. The van der Waals surface area contributed by atoms with Crippen molar-refractivity contribution in [2.75, 3.05) is 9.80 Å². The molecule has 590 valence electrons. The summed E-state index contributed by atoms with van der Waals surface area (Å²) in [7, 11) is 0. The van der Waals surface area contributed by atoms with Gasteiger partial charge >= 0.3 is 0 Å². The molecule has 0 saturated heterocycles. The van der Waals surface area contributed by atoms with Crippen LogP contribution in [-0.2, 0) is 43.7 Å². The first kappa shape index (κ1) is 69.3. The maximum absolute atomic E-state index is 10.1. The van der Waals surface area contributed by atoms with E-state index >= 15 is 0 Å². The molecule has 13 aromatic carbocycles. The maximum Gasteiger partial charge on any atom is 0.252 e. The van der Waals surface area contributed by atoms with Crippen LogP contribution in [0, 0.1) is 32.5 Å². The van der Waals surface area contributed by atoms with Gasteiger partial charge in [0.2, 0.25) is 0 Å². The van der Waals surface area contributed by atoms with Crippen molar-refractivity contribution in [3.8, 4) is 55.9 Å². The molecule has 0 aliphatic carbocycles. The van der Waals surface area contributed by atoms with Crippen molar-refractivity contribution in [2.45, 2.75) is 189 Å². The van der Waals surface area contributed by atoms with Gasteiger partial charge in [0.1, 0.15) is 0 Å². The zero-order chi connectivity index (χ0) is 89.5. The summed E-state index contributed by atoms with van der Waals surface area (Å²) in [6, 6.07) is 96.4. The monoisotopic (exact) mass is 1540 g/mol. The van der Waals surface area contributed by atoms with Gasteiger partial charge in [0.15, 0.2) is 0 Å². The summed E-state index contributed by atoms with van der Waals surface area (Å²) < 4.78 is 85.8. The summed E-state index contributed by atoms with van der Waals surface area (Å²) in [5.41, 5.74) is 22.8. The molecule has 2 aliphatic rings. The Labute approximate surface area is 710 Å². The van der Waals surface area contributed by atoms with Crippen molar-refractivity contribution in [1.29, 1.82) is 0 Å². The topological polar surface area (TPSA) is 16.3 Å². The van der Waals surface area contributed by atoms with Crippen molar-refractivity contribution in [1.82, 2.24) is 9.13 Å². The number of hydrogen-bond acceptors (Lipinski definition) is 2. The molecule has 15 aromatic rings. The van der Waals surface area contributed by atoms with Crippen LogP contribution in [0.15, 0.2) is 267 Å². The fourth-order valence-electron chi connectivity index (χ4n) is 18.5. The van der Waals surface area contributed by atoms with Crippen LogP contribution in [0.2, 0.25) is 0 Å². The van der Waals surface area contributed by atoms with E-state index in [9.17, 15) is 11.0 Å². The Morgan fingerprint density at radius 3 is 0.812 bits per heavy atom. The smallest absolute Gasteiger partial charge is 0.252 e. The second kappa shape index (κ2) is 29.0. The molecule has 2 aliphatic heterocycles. The molecular weight excluding hydrogens is 1410 g/mol. The number of para-hydroxylation sites is 4. The highest BCUT2D eigenvalue weighted by atomic mass is 15.2. The average molecular weight is 1540 g/mol. The molecule has 0 amide bonds. The van der Waals surface area contributed by atoms with Crippen LogP contribution in [0.3, 0.4) is 0 Å². The minimum Gasteiger partial charge on any atom is -0.310 e. The van der Waals surface area contributed by atoms with E-state index in [-0.39, 0.29) is 10.8 Å². The number of benzene rings is 13. The SMILES string of the molecule is [2H]C([2H])(c1cccc(-c2cc(CC(C)(C)C)cc(-c3cccc(C([2H])([2H])C(C)(C)C)c3)c2N2c3cc(-n4c5ccccc5c5ccccc54)ccc3B3c4ccc(-n5c6ccccc6c6ccccc65)cc4N(c4c(-c5cccc(C([2H])([2H])C(C)(C)C)c5)cc(CC(C)(C)C)cc4-c4cccc(C([2H])([2H])C(C)(C)C)c4)c4cc(C(C)(C)C)cc2c43)c1)C(C)(C)C. The fourth-order valence-corrected chi connectivity index (χ4v) is 18.5. The Morgan fingerprint density at radius 1 is 0.265 bits per heavy atom. The third-order valence-electron chi connectivity index (χ3n) is 22.6. The summed E-state index contributed by atoms with van der Waals surface area (Å²) in [5, 5.41) is 4.54. The van der Waals surface area contributed by atoms with Crippen LogP contribution < -0.4 is 26.2 Å². The summed E-state index contributed by atoms with van der Waals surface area (Å²) in [5.74, 6) is 0. The molecular formula is C112H119BN4. The molecule has 117 heavy (non-hydrogen) atoms. The minimum absolute atomic E-state index is 0.213. The Balaban J connectivity index is 1.11. The van der Waals surface area contributed by atoms with E-state index in [1.165, 1.54) is 0 Å². The van der Waals surface area contributed by atoms with E-state index < -0.39 is 59.3 Å². The fraction of sp³-hybridized carbons (Fsp3) is 0.304. The zero-order valence-electron chi connectivity index (χ0n) is 80.7. The first-order chi connectivity index (χ1) is 58.4. The molecule has 0 fully saturated rings. The van der Waals surface area contributed by atoms with Gasteiger partial charge in [-0.05, 0) is 239 Å². The van der Waals surface area contributed by atoms with Gasteiger partial charge in [0.25, 0.3) is 6.71 Å². The van der Waals surface area contributed by atoms with Crippen LogP contribution in [0.4, 0.5) is 34.1 Å². The molecule has 4 nitrogen and oxygen atoms in total. The number of aromatic nitrogens is 2. The molecule has 0 spiro atoms. The van der Waals surface area contributed by atoms with Crippen molar-refractivity contribution in [3.05, 3.63) is 306 Å². The molecule has 2 aromatic heterocycles. The first-order valence-electron chi connectivity index (χ1n) is 46.2. The second-order valence-corrected chi connectivity index (χ2v) is 40.9. The van der Waals surface area contributed by atoms with E-state index in [0.717, 1.165) is 167 Å². The molecule has 0 atom stereocenters. The summed E-state index contributed by atoms with van der Waals surface area (Å²) in [6.07, 6.45) is -5.79. The third-order valence-corrected chi connectivity index (χ3v) is 22.6. The van der Waals surface area contributed by atoms with Crippen LogP contribution >= 0.6 is 0 Å². The predicted molar refractivity (Wildman–Crippen MR) is 509 cm³/mol. The van der Waals surface area contributed by atoms with Gasteiger partial charge in [-0.3, -0.25) is 0 Å². The van der Waals surface area contributed by atoms with Gasteiger partial charge < -0.3 is 18.9 Å². The number of nitrogens with zero attached hydrogens (tertiary/aromatic N) is 4. The number of rotatable bonds is 14. The van der Waals surface area contributed by atoms with Gasteiger partial charge in [0, 0.05) is 88.9 Å². The first-order valence-corrected chi connectivity index (χ1v) is 42.2.